The highest BCUT2D eigenvalue weighted by Gasteiger charge is 2.19. The molecule has 18 heavy (non-hydrogen) atoms. The van der Waals surface area contributed by atoms with E-state index in [1.807, 2.05) is 19.1 Å². The van der Waals surface area contributed by atoms with Gasteiger partial charge in [0.1, 0.15) is 11.9 Å². The minimum atomic E-state index is -0.436. The van der Waals surface area contributed by atoms with Crippen LogP contribution in [0.3, 0.4) is 0 Å². The molecule has 1 aromatic carbocycles. The standard InChI is InChI=1S/C15H23ClO2/c1-4-12(5-2)9-15(17)11(3)18-14-8-6-7-13(16)10-14/h6-8,10-12,15,17H,4-5,9H2,1-3H3. The molecule has 0 aliphatic carbocycles. The Morgan fingerprint density at radius 3 is 2.50 bits per heavy atom. The van der Waals surface area contributed by atoms with Gasteiger partial charge < -0.3 is 9.84 Å². The van der Waals surface area contributed by atoms with E-state index in [1.165, 1.54) is 0 Å². The molecular formula is C15H23ClO2. The summed E-state index contributed by atoms with van der Waals surface area (Å²) in [7, 11) is 0. The van der Waals surface area contributed by atoms with Crippen LogP contribution in [0.1, 0.15) is 40.0 Å². The number of halogens is 1. The van der Waals surface area contributed by atoms with E-state index in [0.717, 1.165) is 19.3 Å². The topological polar surface area (TPSA) is 29.5 Å². The van der Waals surface area contributed by atoms with Gasteiger partial charge in [-0.05, 0) is 37.5 Å². The Hall–Kier alpha value is -0.730. The highest BCUT2D eigenvalue weighted by atomic mass is 35.5. The molecule has 2 unspecified atom stereocenters. The van der Waals surface area contributed by atoms with Gasteiger partial charge in [0.05, 0.1) is 6.10 Å². The maximum Gasteiger partial charge on any atom is 0.122 e. The van der Waals surface area contributed by atoms with E-state index in [4.69, 9.17) is 16.3 Å². The average Bonchev–Trinajstić information content (AvgIpc) is 2.35. The molecule has 3 heteroatoms. The quantitative estimate of drug-likeness (QED) is 0.801. The van der Waals surface area contributed by atoms with Gasteiger partial charge in [0, 0.05) is 5.02 Å². The second-order valence-corrected chi connectivity index (χ2v) is 5.20. The molecule has 0 radical (unpaired) electrons. The number of benzene rings is 1. The van der Waals surface area contributed by atoms with E-state index in [2.05, 4.69) is 13.8 Å². The summed E-state index contributed by atoms with van der Waals surface area (Å²) < 4.78 is 5.71. The third-order valence-corrected chi connectivity index (χ3v) is 3.62. The van der Waals surface area contributed by atoms with Crippen LogP contribution in [-0.4, -0.2) is 17.3 Å². The number of rotatable bonds is 7. The lowest BCUT2D eigenvalue weighted by atomic mass is 9.94. The molecule has 0 saturated carbocycles. The molecule has 1 N–H and O–H groups in total. The van der Waals surface area contributed by atoms with Crippen molar-refractivity contribution in [3.8, 4) is 5.75 Å². The SMILES string of the molecule is CCC(CC)CC(O)C(C)Oc1cccc(Cl)c1. The van der Waals surface area contributed by atoms with Crippen LogP contribution in [0.2, 0.25) is 5.02 Å². The van der Waals surface area contributed by atoms with Crippen molar-refractivity contribution in [1.82, 2.24) is 0 Å². The molecule has 0 heterocycles. The zero-order chi connectivity index (χ0) is 13.5. The van der Waals surface area contributed by atoms with Crippen LogP contribution >= 0.6 is 11.6 Å². The van der Waals surface area contributed by atoms with E-state index in [-0.39, 0.29) is 6.10 Å². The molecule has 102 valence electrons. The molecule has 1 aromatic rings. The molecule has 0 saturated heterocycles. The lowest BCUT2D eigenvalue weighted by molar-refractivity contribution is 0.0296. The van der Waals surface area contributed by atoms with Crippen LogP contribution in [0.25, 0.3) is 0 Å². The van der Waals surface area contributed by atoms with Crippen molar-refractivity contribution in [2.45, 2.75) is 52.2 Å². The van der Waals surface area contributed by atoms with Crippen LogP contribution in [0.15, 0.2) is 24.3 Å². The molecule has 0 amide bonds. The largest absolute Gasteiger partial charge is 0.488 e. The zero-order valence-corrected chi connectivity index (χ0v) is 12.2. The van der Waals surface area contributed by atoms with Crippen LogP contribution in [0.4, 0.5) is 0 Å². The van der Waals surface area contributed by atoms with Gasteiger partial charge in [-0.15, -0.1) is 0 Å². The summed E-state index contributed by atoms with van der Waals surface area (Å²) in [6, 6.07) is 7.27. The van der Waals surface area contributed by atoms with Gasteiger partial charge in [-0.25, -0.2) is 0 Å². The summed E-state index contributed by atoms with van der Waals surface area (Å²) in [5.74, 6) is 1.27. The maximum atomic E-state index is 10.1. The molecule has 0 aromatic heterocycles. The van der Waals surface area contributed by atoms with Crippen LogP contribution in [-0.2, 0) is 0 Å². The summed E-state index contributed by atoms with van der Waals surface area (Å²) in [5, 5.41) is 10.8. The van der Waals surface area contributed by atoms with Crippen molar-refractivity contribution >= 4 is 11.6 Å². The van der Waals surface area contributed by atoms with Crippen LogP contribution in [0, 0.1) is 5.92 Å². The highest BCUT2D eigenvalue weighted by Crippen LogP contribution is 2.22. The number of aliphatic hydroxyl groups excluding tert-OH is 1. The maximum absolute atomic E-state index is 10.1. The van der Waals surface area contributed by atoms with E-state index >= 15 is 0 Å². The van der Waals surface area contributed by atoms with Gasteiger partial charge in [0.2, 0.25) is 0 Å². The fourth-order valence-electron chi connectivity index (χ4n) is 1.99. The second-order valence-electron chi connectivity index (χ2n) is 4.77. The van der Waals surface area contributed by atoms with Crippen molar-refractivity contribution in [3.05, 3.63) is 29.3 Å². The summed E-state index contributed by atoms with van der Waals surface area (Å²) >= 11 is 5.89. The van der Waals surface area contributed by atoms with Gasteiger partial charge in [0.25, 0.3) is 0 Å². The van der Waals surface area contributed by atoms with Crippen molar-refractivity contribution < 1.29 is 9.84 Å². The van der Waals surface area contributed by atoms with Crippen LogP contribution < -0.4 is 4.74 Å². The first-order chi connectivity index (χ1) is 8.56. The third kappa shape index (κ3) is 4.87. The fourth-order valence-corrected chi connectivity index (χ4v) is 2.17. The Bertz CT molecular complexity index is 350. The predicted octanol–water partition coefficient (Wildman–Crippen LogP) is 4.29. The van der Waals surface area contributed by atoms with Crippen molar-refractivity contribution in [2.75, 3.05) is 0 Å². The summed E-state index contributed by atoms with van der Waals surface area (Å²) in [6.07, 6.45) is 2.32. The van der Waals surface area contributed by atoms with Crippen molar-refractivity contribution in [3.63, 3.8) is 0 Å². The number of aliphatic hydroxyl groups is 1. The van der Waals surface area contributed by atoms with E-state index in [9.17, 15) is 5.11 Å². The smallest absolute Gasteiger partial charge is 0.122 e. The Morgan fingerprint density at radius 2 is 1.94 bits per heavy atom. The molecule has 0 spiro atoms. The Kier molecular flexibility index (Phi) is 6.51. The average molecular weight is 271 g/mol. The van der Waals surface area contributed by atoms with Crippen LogP contribution in [0.5, 0.6) is 5.75 Å². The van der Waals surface area contributed by atoms with Gasteiger partial charge in [-0.2, -0.15) is 0 Å². The Morgan fingerprint density at radius 1 is 1.28 bits per heavy atom. The molecule has 2 nitrogen and oxygen atoms in total. The number of ether oxygens (including phenoxy) is 1. The highest BCUT2D eigenvalue weighted by molar-refractivity contribution is 6.30. The van der Waals surface area contributed by atoms with Crippen molar-refractivity contribution in [2.24, 2.45) is 5.92 Å². The Labute approximate surface area is 115 Å². The third-order valence-electron chi connectivity index (χ3n) is 3.39. The van der Waals surface area contributed by atoms with Crippen molar-refractivity contribution in [1.29, 1.82) is 0 Å². The summed E-state index contributed by atoms with van der Waals surface area (Å²) in [6.45, 7) is 6.21. The molecule has 2 atom stereocenters. The zero-order valence-electron chi connectivity index (χ0n) is 11.4. The summed E-state index contributed by atoms with van der Waals surface area (Å²) in [5.41, 5.74) is 0. The minimum Gasteiger partial charge on any atom is -0.488 e. The molecule has 0 fully saturated rings. The second kappa shape index (κ2) is 7.65. The van der Waals surface area contributed by atoms with E-state index in [1.54, 1.807) is 12.1 Å². The number of hydrogen-bond acceptors (Lipinski definition) is 2. The van der Waals surface area contributed by atoms with Gasteiger partial charge in [0.15, 0.2) is 0 Å². The van der Waals surface area contributed by atoms with E-state index in [0.29, 0.717) is 16.7 Å². The van der Waals surface area contributed by atoms with E-state index < -0.39 is 6.10 Å². The first kappa shape index (κ1) is 15.3. The van der Waals surface area contributed by atoms with Gasteiger partial charge in [-0.3, -0.25) is 0 Å². The van der Waals surface area contributed by atoms with Gasteiger partial charge >= 0.3 is 0 Å². The lowest BCUT2D eigenvalue weighted by Gasteiger charge is -2.24. The minimum absolute atomic E-state index is 0.218. The summed E-state index contributed by atoms with van der Waals surface area (Å²) in [4.78, 5) is 0. The fraction of sp³-hybridized carbons (Fsp3) is 0.600. The Balaban J connectivity index is 2.51. The molecule has 0 bridgehead atoms. The molecule has 0 aliphatic heterocycles. The lowest BCUT2D eigenvalue weighted by Crippen LogP contribution is -2.30. The predicted molar refractivity (Wildman–Crippen MR) is 76.2 cm³/mol. The monoisotopic (exact) mass is 270 g/mol. The normalized spacial score (nSPS) is 14.6. The number of hydrogen-bond donors (Lipinski definition) is 1. The molecule has 1 rings (SSSR count). The first-order valence-corrected chi connectivity index (χ1v) is 7.04. The molecular weight excluding hydrogens is 248 g/mol. The molecule has 0 aliphatic rings. The first-order valence-electron chi connectivity index (χ1n) is 6.67. The van der Waals surface area contributed by atoms with Gasteiger partial charge in [-0.1, -0.05) is 44.4 Å².